The lowest BCUT2D eigenvalue weighted by Crippen LogP contribution is -2.29. The Morgan fingerprint density at radius 3 is 2.32 bits per heavy atom. The summed E-state index contributed by atoms with van der Waals surface area (Å²) in [5.41, 5.74) is 8.08. The zero-order chi connectivity index (χ0) is 17.5. The Morgan fingerprint density at radius 2 is 1.68 bits per heavy atom. The summed E-state index contributed by atoms with van der Waals surface area (Å²) in [6, 6.07) is 17.1. The molecule has 2 aromatic carbocycles. The van der Waals surface area contributed by atoms with Crippen LogP contribution in [-0.2, 0) is 4.79 Å². The van der Waals surface area contributed by atoms with Crippen molar-refractivity contribution in [3.63, 3.8) is 0 Å². The van der Waals surface area contributed by atoms with Crippen LogP contribution in [0.1, 0.15) is 50.4 Å². The molecule has 2 rings (SSSR count). The van der Waals surface area contributed by atoms with Crippen molar-refractivity contribution >= 4 is 18.3 Å². The Kier molecular flexibility index (Phi) is 8.46. The second-order valence-corrected chi connectivity index (χ2v) is 6.25. The molecule has 0 radical (unpaired) electrons. The van der Waals surface area contributed by atoms with E-state index in [9.17, 15) is 4.79 Å². The minimum atomic E-state index is -0.297. The third-order valence-electron chi connectivity index (χ3n) is 3.74. The molecule has 0 aromatic heterocycles. The second kappa shape index (κ2) is 10.1. The van der Waals surface area contributed by atoms with Crippen LogP contribution in [0.25, 0.3) is 0 Å². The number of amides is 1. The lowest BCUT2D eigenvalue weighted by Gasteiger charge is -2.18. The van der Waals surface area contributed by atoms with E-state index in [1.54, 1.807) is 0 Å². The quantitative estimate of drug-likeness (QED) is 0.777. The fraction of sp³-hybridized carbons (Fsp3) is 0.350. The molecule has 0 heterocycles. The average molecular weight is 363 g/mol. The summed E-state index contributed by atoms with van der Waals surface area (Å²) < 4.78 is 5.70. The summed E-state index contributed by atoms with van der Waals surface area (Å²) in [4.78, 5) is 12.3. The first-order chi connectivity index (χ1) is 11.5. The van der Waals surface area contributed by atoms with E-state index in [1.165, 1.54) is 0 Å². The van der Waals surface area contributed by atoms with Gasteiger partial charge < -0.3 is 15.8 Å². The molecular formula is C20H27ClN2O2. The molecule has 0 bridgehead atoms. The molecule has 2 aromatic rings. The van der Waals surface area contributed by atoms with Crippen LogP contribution in [0.15, 0.2) is 54.6 Å². The van der Waals surface area contributed by atoms with Crippen molar-refractivity contribution in [3.8, 4) is 5.75 Å². The number of hydrogen-bond donors (Lipinski definition) is 2. The van der Waals surface area contributed by atoms with Gasteiger partial charge >= 0.3 is 0 Å². The van der Waals surface area contributed by atoms with Crippen molar-refractivity contribution in [3.05, 3.63) is 65.7 Å². The van der Waals surface area contributed by atoms with E-state index >= 15 is 0 Å². The molecule has 0 spiro atoms. The summed E-state index contributed by atoms with van der Waals surface area (Å²) in [5.74, 6) is 0.749. The molecule has 0 aliphatic rings. The van der Waals surface area contributed by atoms with Gasteiger partial charge in [0.2, 0.25) is 5.91 Å². The number of nitrogens with two attached hydrogens (primary N) is 1. The Balaban J connectivity index is 0.00000312. The van der Waals surface area contributed by atoms with Crippen LogP contribution in [0.5, 0.6) is 5.75 Å². The van der Waals surface area contributed by atoms with Gasteiger partial charge in [-0.3, -0.25) is 4.79 Å². The maximum atomic E-state index is 12.3. The van der Waals surface area contributed by atoms with Crippen molar-refractivity contribution in [2.45, 2.75) is 45.4 Å². The molecule has 0 aliphatic heterocycles. The van der Waals surface area contributed by atoms with Gasteiger partial charge in [-0.25, -0.2) is 0 Å². The third kappa shape index (κ3) is 6.77. The summed E-state index contributed by atoms with van der Waals surface area (Å²) in [7, 11) is 0. The molecule has 0 saturated carbocycles. The number of carbonyl (C=O) groups excluding carboxylic acids is 1. The van der Waals surface area contributed by atoms with Gasteiger partial charge in [-0.05, 0) is 44.0 Å². The minimum absolute atomic E-state index is 0. The zero-order valence-corrected chi connectivity index (χ0v) is 15.8. The first-order valence-corrected chi connectivity index (χ1v) is 8.32. The number of nitrogens with one attached hydrogen (secondary N) is 1. The van der Waals surface area contributed by atoms with Gasteiger partial charge in [0, 0.05) is 12.5 Å². The molecule has 136 valence electrons. The standard InChI is InChI=1S/C20H26N2O2.ClH/c1-14(2)24-18-11-7-10-17(12-18)15(3)22-20(23)13-19(21)16-8-5-4-6-9-16;/h4-12,14-15,19H,13,21H2,1-3H3,(H,22,23);1H. The maximum Gasteiger partial charge on any atom is 0.222 e. The number of hydrogen-bond acceptors (Lipinski definition) is 3. The number of rotatable bonds is 7. The SMILES string of the molecule is CC(C)Oc1cccc(C(C)NC(=O)CC(N)c2ccccc2)c1.Cl. The number of benzene rings is 2. The fourth-order valence-electron chi connectivity index (χ4n) is 2.53. The Morgan fingerprint density at radius 1 is 1.04 bits per heavy atom. The van der Waals surface area contributed by atoms with Crippen molar-refractivity contribution in [1.29, 1.82) is 0 Å². The van der Waals surface area contributed by atoms with Gasteiger partial charge in [-0.2, -0.15) is 0 Å². The van der Waals surface area contributed by atoms with Crippen molar-refractivity contribution in [1.82, 2.24) is 5.32 Å². The predicted octanol–water partition coefficient (Wildman–Crippen LogP) is 4.16. The van der Waals surface area contributed by atoms with E-state index in [0.29, 0.717) is 0 Å². The van der Waals surface area contributed by atoms with Gasteiger partial charge in [0.25, 0.3) is 0 Å². The lowest BCUT2D eigenvalue weighted by molar-refractivity contribution is -0.122. The second-order valence-electron chi connectivity index (χ2n) is 6.25. The summed E-state index contributed by atoms with van der Waals surface area (Å²) >= 11 is 0. The Hall–Kier alpha value is -2.04. The van der Waals surface area contributed by atoms with Crippen LogP contribution in [0.2, 0.25) is 0 Å². The summed E-state index contributed by atoms with van der Waals surface area (Å²) in [6.45, 7) is 5.94. The van der Waals surface area contributed by atoms with E-state index in [2.05, 4.69) is 5.32 Å². The van der Waals surface area contributed by atoms with E-state index in [-0.39, 0.29) is 42.9 Å². The fourth-order valence-corrected chi connectivity index (χ4v) is 2.53. The normalized spacial score (nSPS) is 12.8. The number of carbonyl (C=O) groups is 1. The van der Waals surface area contributed by atoms with Crippen LogP contribution in [0.4, 0.5) is 0 Å². The van der Waals surface area contributed by atoms with Gasteiger partial charge in [0.1, 0.15) is 5.75 Å². The Bertz CT molecular complexity index is 662. The van der Waals surface area contributed by atoms with E-state index in [4.69, 9.17) is 10.5 Å². The van der Waals surface area contributed by atoms with Crippen molar-refractivity contribution < 1.29 is 9.53 Å². The van der Waals surface area contributed by atoms with E-state index in [0.717, 1.165) is 16.9 Å². The third-order valence-corrected chi connectivity index (χ3v) is 3.74. The Labute approximate surface area is 156 Å². The number of halogens is 1. The van der Waals surface area contributed by atoms with E-state index in [1.807, 2.05) is 75.4 Å². The first kappa shape index (κ1) is 21.0. The van der Waals surface area contributed by atoms with Crippen LogP contribution in [0.3, 0.4) is 0 Å². The minimum Gasteiger partial charge on any atom is -0.491 e. The molecule has 1 amide bonds. The molecule has 3 N–H and O–H groups in total. The molecule has 0 saturated heterocycles. The highest BCUT2D eigenvalue weighted by Crippen LogP contribution is 2.21. The topological polar surface area (TPSA) is 64.3 Å². The highest BCUT2D eigenvalue weighted by molar-refractivity contribution is 5.85. The monoisotopic (exact) mass is 362 g/mol. The molecule has 2 unspecified atom stereocenters. The molecule has 5 heteroatoms. The van der Waals surface area contributed by atoms with Gasteiger partial charge in [-0.15, -0.1) is 12.4 Å². The average Bonchev–Trinajstić information content (AvgIpc) is 2.55. The van der Waals surface area contributed by atoms with E-state index < -0.39 is 0 Å². The van der Waals surface area contributed by atoms with Crippen LogP contribution < -0.4 is 15.8 Å². The smallest absolute Gasteiger partial charge is 0.222 e. The largest absolute Gasteiger partial charge is 0.491 e. The van der Waals surface area contributed by atoms with Gasteiger partial charge in [-0.1, -0.05) is 42.5 Å². The number of ether oxygens (including phenoxy) is 1. The van der Waals surface area contributed by atoms with Crippen LogP contribution in [0, 0.1) is 0 Å². The zero-order valence-electron chi connectivity index (χ0n) is 14.9. The highest BCUT2D eigenvalue weighted by atomic mass is 35.5. The molecule has 0 fully saturated rings. The predicted molar refractivity (Wildman–Crippen MR) is 104 cm³/mol. The molecule has 0 aliphatic carbocycles. The highest BCUT2D eigenvalue weighted by Gasteiger charge is 2.15. The molecular weight excluding hydrogens is 336 g/mol. The maximum absolute atomic E-state index is 12.3. The summed E-state index contributed by atoms with van der Waals surface area (Å²) in [6.07, 6.45) is 0.380. The van der Waals surface area contributed by atoms with Crippen LogP contribution >= 0.6 is 12.4 Å². The van der Waals surface area contributed by atoms with Crippen LogP contribution in [-0.4, -0.2) is 12.0 Å². The van der Waals surface area contributed by atoms with Crippen molar-refractivity contribution in [2.24, 2.45) is 5.73 Å². The molecule has 25 heavy (non-hydrogen) atoms. The van der Waals surface area contributed by atoms with Crippen molar-refractivity contribution in [2.75, 3.05) is 0 Å². The summed E-state index contributed by atoms with van der Waals surface area (Å²) in [5, 5.41) is 3.00. The molecule has 2 atom stereocenters. The first-order valence-electron chi connectivity index (χ1n) is 8.32. The molecule has 4 nitrogen and oxygen atoms in total. The lowest BCUT2D eigenvalue weighted by atomic mass is 10.0. The van der Waals surface area contributed by atoms with Gasteiger partial charge in [0.15, 0.2) is 0 Å². The van der Waals surface area contributed by atoms with Gasteiger partial charge in [0.05, 0.1) is 12.1 Å².